The van der Waals surface area contributed by atoms with Crippen molar-refractivity contribution >= 4 is 17.8 Å². The van der Waals surface area contributed by atoms with Crippen molar-refractivity contribution in [2.75, 3.05) is 45.7 Å². The van der Waals surface area contributed by atoms with Crippen LogP contribution >= 0.6 is 0 Å². The second-order valence-corrected chi connectivity index (χ2v) is 14.7. The molecule has 1 fully saturated rings. The summed E-state index contributed by atoms with van der Waals surface area (Å²) in [5, 5.41) is 28.4. The number of carbonyl (C=O) groups excluding carboxylic acids is 1. The lowest BCUT2D eigenvalue weighted by Crippen LogP contribution is -2.42. The Morgan fingerprint density at radius 2 is 1.73 bits per heavy atom. The molecule has 2 amide bonds. The number of hydrogen-bond donors (Lipinski definition) is 4. The van der Waals surface area contributed by atoms with E-state index in [1.54, 1.807) is 27.6 Å². The number of carbonyl (C=O) groups is 1. The van der Waals surface area contributed by atoms with E-state index in [0.29, 0.717) is 37.0 Å². The number of nitrogens with one attached hydrogen (secondary N) is 4. The maximum absolute atomic E-state index is 13.7. The predicted molar refractivity (Wildman–Crippen MR) is 199 cm³/mol. The van der Waals surface area contributed by atoms with Gasteiger partial charge in [0.25, 0.3) is 0 Å². The number of nitrogens with zero attached hydrogens (tertiary/aromatic N) is 5. The molecule has 1 aliphatic carbocycles. The highest BCUT2D eigenvalue weighted by atomic mass is 16.5. The second-order valence-electron chi connectivity index (χ2n) is 14.7. The highest BCUT2D eigenvalue weighted by molar-refractivity contribution is 5.89. The molecule has 1 saturated heterocycles. The van der Waals surface area contributed by atoms with Gasteiger partial charge in [-0.05, 0) is 81.6 Å². The summed E-state index contributed by atoms with van der Waals surface area (Å²) in [6.07, 6.45) is 6.16. The molecule has 4 N–H and O–H groups in total. The number of aromatic nitrogens is 3. The van der Waals surface area contributed by atoms with Gasteiger partial charge in [-0.15, -0.1) is 0 Å². The number of fused-ring (bicyclic) bond motifs is 1. The Labute approximate surface area is 300 Å². The van der Waals surface area contributed by atoms with Crippen molar-refractivity contribution in [2.45, 2.75) is 70.4 Å². The third-order valence-corrected chi connectivity index (χ3v) is 9.41. The molecular formula is C39H51N9O3. The van der Waals surface area contributed by atoms with Crippen LogP contribution in [0.1, 0.15) is 81.8 Å². The predicted octanol–water partition coefficient (Wildman–Crippen LogP) is 6.44. The molecule has 4 aromatic rings. The van der Waals surface area contributed by atoms with E-state index in [4.69, 9.17) is 25.4 Å². The third-order valence-electron chi connectivity index (χ3n) is 9.41. The summed E-state index contributed by atoms with van der Waals surface area (Å²) < 4.78 is 15.9. The minimum Gasteiger partial charge on any atom is -0.492 e. The molecule has 2 aliphatic rings. The van der Waals surface area contributed by atoms with Crippen LogP contribution in [0.15, 0.2) is 72.9 Å². The summed E-state index contributed by atoms with van der Waals surface area (Å²) in [4.78, 5) is 17.8. The standard InChI is InChI=1S/C39H51N9O3/c1-39(2,3)34-25-36(48(44-34)27-12-11-13-28(24-27)50-23-22-45(4)5)43-38(49)42-32-17-18-33(31-15-8-7-14-30(31)32)51-29-16-19-35(40)47(26-29)37(41)46-20-9-6-10-21-46/h7-8,11-16,19,24-26,32-33,40-41H,6,9-10,17-18,20-23H2,1-5H3,(H2,42,43,49)/t32-,33+/m0/s1. The lowest BCUT2D eigenvalue weighted by molar-refractivity contribution is 0.171. The lowest BCUT2D eigenvalue weighted by Gasteiger charge is -2.33. The van der Waals surface area contributed by atoms with Crippen molar-refractivity contribution in [1.82, 2.24) is 29.5 Å². The minimum atomic E-state index is -0.322. The number of pyridine rings is 1. The molecule has 6 rings (SSSR count). The zero-order chi connectivity index (χ0) is 36.1. The monoisotopic (exact) mass is 693 g/mol. The first-order valence-corrected chi connectivity index (χ1v) is 17.9. The van der Waals surface area contributed by atoms with E-state index in [2.05, 4.69) is 36.3 Å². The smallest absolute Gasteiger partial charge is 0.320 e. The lowest BCUT2D eigenvalue weighted by atomic mass is 9.85. The van der Waals surface area contributed by atoms with E-state index in [0.717, 1.165) is 60.7 Å². The summed E-state index contributed by atoms with van der Waals surface area (Å²) in [6, 6.07) is 20.7. The number of piperidine rings is 1. The number of rotatable bonds is 9. The highest BCUT2D eigenvalue weighted by Gasteiger charge is 2.30. The van der Waals surface area contributed by atoms with Crippen LogP contribution in [0.25, 0.3) is 5.69 Å². The molecule has 12 heteroatoms. The Balaban J connectivity index is 1.17. The Kier molecular flexibility index (Phi) is 10.8. The second kappa shape index (κ2) is 15.4. The summed E-state index contributed by atoms with van der Waals surface area (Å²) in [5.74, 6) is 2.21. The fourth-order valence-corrected chi connectivity index (χ4v) is 6.57. The topological polar surface area (TPSA) is 137 Å². The molecule has 0 saturated carbocycles. The van der Waals surface area contributed by atoms with Crippen LogP contribution in [0.5, 0.6) is 11.5 Å². The molecule has 1 aliphatic heterocycles. The van der Waals surface area contributed by atoms with Crippen LogP contribution in [0.2, 0.25) is 0 Å². The van der Waals surface area contributed by atoms with Gasteiger partial charge >= 0.3 is 6.03 Å². The molecule has 3 heterocycles. The largest absolute Gasteiger partial charge is 0.492 e. The van der Waals surface area contributed by atoms with E-state index in [1.165, 1.54) is 6.42 Å². The average Bonchev–Trinajstić information content (AvgIpc) is 3.54. The summed E-state index contributed by atoms with van der Waals surface area (Å²) in [6.45, 7) is 9.31. The molecule has 270 valence electrons. The molecule has 0 spiro atoms. The number of amides is 2. The number of urea groups is 1. The first-order chi connectivity index (χ1) is 24.5. The van der Waals surface area contributed by atoms with Crippen molar-refractivity contribution in [1.29, 1.82) is 10.8 Å². The molecular weight excluding hydrogens is 642 g/mol. The Morgan fingerprint density at radius 3 is 2.47 bits per heavy atom. The third kappa shape index (κ3) is 8.62. The van der Waals surface area contributed by atoms with Gasteiger partial charge in [-0.2, -0.15) is 5.10 Å². The van der Waals surface area contributed by atoms with E-state index in [9.17, 15) is 4.79 Å². The van der Waals surface area contributed by atoms with Gasteiger partial charge < -0.3 is 24.6 Å². The van der Waals surface area contributed by atoms with Crippen LogP contribution < -0.4 is 25.6 Å². The van der Waals surface area contributed by atoms with Gasteiger partial charge in [0.1, 0.15) is 35.5 Å². The summed E-state index contributed by atoms with van der Waals surface area (Å²) in [7, 11) is 4.02. The van der Waals surface area contributed by atoms with Crippen molar-refractivity contribution in [2.24, 2.45) is 0 Å². The molecule has 0 unspecified atom stereocenters. The van der Waals surface area contributed by atoms with Crippen LogP contribution in [0.4, 0.5) is 10.6 Å². The zero-order valence-electron chi connectivity index (χ0n) is 30.4. The van der Waals surface area contributed by atoms with Crippen LogP contribution in [-0.4, -0.2) is 76.5 Å². The Hall–Kier alpha value is -5.10. The average molecular weight is 694 g/mol. The number of benzene rings is 2. The van der Waals surface area contributed by atoms with E-state index >= 15 is 0 Å². The first-order valence-electron chi connectivity index (χ1n) is 17.9. The summed E-state index contributed by atoms with van der Waals surface area (Å²) >= 11 is 0. The van der Waals surface area contributed by atoms with E-state index < -0.39 is 0 Å². The Morgan fingerprint density at radius 1 is 0.961 bits per heavy atom. The first kappa shape index (κ1) is 35.7. The highest BCUT2D eigenvalue weighted by Crippen LogP contribution is 2.39. The van der Waals surface area contributed by atoms with Gasteiger partial charge in [0, 0.05) is 37.2 Å². The van der Waals surface area contributed by atoms with Crippen molar-refractivity contribution in [3.8, 4) is 17.2 Å². The van der Waals surface area contributed by atoms with Gasteiger partial charge in [-0.1, -0.05) is 51.1 Å². The quantitative estimate of drug-likeness (QED) is 0.118. The molecule has 0 bridgehead atoms. The maximum atomic E-state index is 13.7. The molecule has 0 radical (unpaired) electrons. The number of likely N-dealkylation sites (N-methyl/N-ethyl adjacent to an activating group) is 1. The number of hydrogen-bond acceptors (Lipinski definition) is 7. The van der Waals surface area contributed by atoms with Gasteiger partial charge in [-0.25, -0.2) is 9.48 Å². The molecule has 12 nitrogen and oxygen atoms in total. The number of ether oxygens (including phenoxy) is 2. The van der Waals surface area contributed by atoms with E-state index in [1.807, 2.05) is 73.6 Å². The van der Waals surface area contributed by atoms with Gasteiger partial charge in [-0.3, -0.25) is 20.7 Å². The zero-order valence-corrected chi connectivity index (χ0v) is 30.4. The van der Waals surface area contributed by atoms with Crippen molar-refractivity contribution in [3.05, 3.63) is 95.2 Å². The molecule has 2 atom stereocenters. The van der Waals surface area contributed by atoms with Gasteiger partial charge in [0.2, 0.25) is 5.96 Å². The molecule has 2 aromatic heterocycles. The normalized spacial score (nSPS) is 17.5. The fraction of sp³-hybridized carbons (Fsp3) is 0.436. The van der Waals surface area contributed by atoms with E-state index in [-0.39, 0.29) is 29.1 Å². The van der Waals surface area contributed by atoms with Crippen molar-refractivity contribution in [3.63, 3.8) is 0 Å². The van der Waals surface area contributed by atoms with Crippen LogP contribution in [0.3, 0.4) is 0 Å². The SMILES string of the molecule is CN(C)CCOc1cccc(-n2nc(C(C)(C)C)cc2NC(=O)N[C@H]2CC[C@@H](Oc3ccc(=N)n(C(=N)N4CCCCC4)c3)c3ccccc32)c1. The number of likely N-dealkylation sites (tertiary alicyclic amines) is 1. The summed E-state index contributed by atoms with van der Waals surface area (Å²) in [5.41, 5.74) is 3.66. The van der Waals surface area contributed by atoms with Crippen LogP contribution in [0, 0.1) is 10.8 Å². The van der Waals surface area contributed by atoms with Crippen LogP contribution in [-0.2, 0) is 5.41 Å². The number of anilines is 1. The molecule has 2 aromatic carbocycles. The fourth-order valence-electron chi connectivity index (χ4n) is 6.57. The van der Waals surface area contributed by atoms with Gasteiger partial charge in [0.05, 0.1) is 23.6 Å². The Bertz CT molecular complexity index is 1900. The van der Waals surface area contributed by atoms with Gasteiger partial charge in [0.15, 0.2) is 0 Å². The minimum absolute atomic E-state index is 0.222. The van der Waals surface area contributed by atoms with Crippen molar-refractivity contribution < 1.29 is 14.3 Å². The maximum Gasteiger partial charge on any atom is 0.320 e. The molecule has 51 heavy (non-hydrogen) atoms.